The molecule has 1 atom stereocenters. The van der Waals surface area contributed by atoms with Gasteiger partial charge in [0, 0.05) is 23.6 Å². The summed E-state index contributed by atoms with van der Waals surface area (Å²) in [5.74, 6) is -1.38. The summed E-state index contributed by atoms with van der Waals surface area (Å²) in [6, 6.07) is 18.8. The summed E-state index contributed by atoms with van der Waals surface area (Å²) >= 11 is 1.32. The minimum Gasteiger partial charge on any atom is -0.326 e. The van der Waals surface area contributed by atoms with Gasteiger partial charge in [-0.05, 0) is 24.1 Å². The molecule has 2 amide bonds. The van der Waals surface area contributed by atoms with Crippen molar-refractivity contribution in [2.45, 2.75) is 13.3 Å². The van der Waals surface area contributed by atoms with Gasteiger partial charge in [0.25, 0.3) is 0 Å². The van der Waals surface area contributed by atoms with Gasteiger partial charge in [-0.2, -0.15) is 5.26 Å². The summed E-state index contributed by atoms with van der Waals surface area (Å²) in [5, 5.41) is 17.1. The Bertz CT molecular complexity index is 1010. The first-order valence-corrected chi connectivity index (χ1v) is 9.51. The van der Waals surface area contributed by atoms with Crippen LogP contribution in [-0.2, 0) is 16.0 Å². The molecule has 0 saturated heterocycles. The van der Waals surface area contributed by atoms with Crippen LogP contribution in [0.1, 0.15) is 12.5 Å². The zero-order chi connectivity index (χ0) is 19.9. The van der Waals surface area contributed by atoms with Gasteiger partial charge in [0.2, 0.25) is 11.8 Å². The van der Waals surface area contributed by atoms with Crippen LogP contribution in [0.25, 0.3) is 11.3 Å². The van der Waals surface area contributed by atoms with E-state index in [-0.39, 0.29) is 18.2 Å². The van der Waals surface area contributed by atoms with Gasteiger partial charge in [0.15, 0.2) is 5.13 Å². The van der Waals surface area contributed by atoms with Crippen LogP contribution in [0, 0.1) is 17.2 Å². The number of nitrogens with zero attached hydrogens (tertiary/aromatic N) is 2. The van der Waals surface area contributed by atoms with Crippen molar-refractivity contribution in [1.82, 2.24) is 4.98 Å². The van der Waals surface area contributed by atoms with Crippen molar-refractivity contribution in [1.29, 1.82) is 5.26 Å². The molecule has 6 nitrogen and oxygen atoms in total. The van der Waals surface area contributed by atoms with Crippen molar-refractivity contribution in [2.24, 2.45) is 5.92 Å². The number of thiazole rings is 1. The van der Waals surface area contributed by atoms with E-state index in [1.165, 1.54) is 18.3 Å². The predicted octanol–water partition coefficient (Wildman–Crippen LogP) is 4.09. The van der Waals surface area contributed by atoms with E-state index in [1.54, 1.807) is 24.3 Å². The predicted molar refractivity (Wildman–Crippen MR) is 110 cm³/mol. The average molecular weight is 390 g/mol. The molecule has 7 heteroatoms. The number of carbonyl (C=O) groups is 2. The molecule has 0 aliphatic rings. The number of rotatable bonds is 6. The Kier molecular flexibility index (Phi) is 6.14. The molecule has 0 fully saturated rings. The Hall–Kier alpha value is -3.50. The highest BCUT2D eigenvalue weighted by molar-refractivity contribution is 7.14. The Morgan fingerprint density at radius 3 is 2.46 bits per heavy atom. The first kappa shape index (κ1) is 19.3. The summed E-state index contributed by atoms with van der Waals surface area (Å²) in [5.41, 5.74) is 3.25. The van der Waals surface area contributed by atoms with Gasteiger partial charge >= 0.3 is 0 Å². The summed E-state index contributed by atoms with van der Waals surface area (Å²) < 4.78 is 0. The lowest BCUT2D eigenvalue weighted by Crippen LogP contribution is -2.23. The standard InChI is InChI=1S/C21H18N4O2S/c1-14(26)23-18-9-7-15(8-10-18)11-17(12-22)20(27)25-21-24-19(13-28-21)16-5-3-2-4-6-16/h2-10,13,17H,11H2,1H3,(H,23,26)(H,24,25,27). The summed E-state index contributed by atoms with van der Waals surface area (Å²) in [6.07, 6.45) is 0.277. The quantitative estimate of drug-likeness (QED) is 0.663. The molecule has 3 rings (SSSR count). The van der Waals surface area contributed by atoms with Crippen LogP contribution in [0.5, 0.6) is 0 Å². The van der Waals surface area contributed by atoms with Gasteiger partial charge < -0.3 is 10.6 Å². The summed E-state index contributed by atoms with van der Waals surface area (Å²) in [7, 11) is 0. The maximum absolute atomic E-state index is 12.5. The monoisotopic (exact) mass is 390 g/mol. The van der Waals surface area contributed by atoms with Crippen LogP contribution >= 0.6 is 11.3 Å². The van der Waals surface area contributed by atoms with Gasteiger partial charge in [-0.1, -0.05) is 42.5 Å². The van der Waals surface area contributed by atoms with Crippen LogP contribution in [0.3, 0.4) is 0 Å². The molecule has 0 saturated carbocycles. The largest absolute Gasteiger partial charge is 0.326 e. The molecule has 2 aromatic carbocycles. The number of hydrogen-bond donors (Lipinski definition) is 2. The number of anilines is 2. The lowest BCUT2D eigenvalue weighted by Gasteiger charge is -2.09. The first-order chi connectivity index (χ1) is 13.5. The van der Waals surface area contributed by atoms with Crippen molar-refractivity contribution < 1.29 is 9.59 Å². The molecule has 3 aromatic rings. The van der Waals surface area contributed by atoms with Gasteiger partial charge in [0.1, 0.15) is 5.92 Å². The molecule has 1 unspecified atom stereocenters. The van der Waals surface area contributed by atoms with Crippen molar-refractivity contribution in [3.8, 4) is 17.3 Å². The van der Waals surface area contributed by atoms with Crippen LogP contribution < -0.4 is 10.6 Å². The Morgan fingerprint density at radius 2 is 1.82 bits per heavy atom. The van der Waals surface area contributed by atoms with E-state index in [1.807, 2.05) is 35.7 Å². The Labute approximate surface area is 166 Å². The molecule has 1 heterocycles. The van der Waals surface area contributed by atoms with Gasteiger partial charge in [-0.3, -0.25) is 9.59 Å². The van der Waals surface area contributed by atoms with Gasteiger partial charge in [0.05, 0.1) is 11.8 Å². The number of amides is 2. The fourth-order valence-corrected chi connectivity index (χ4v) is 3.35. The van der Waals surface area contributed by atoms with Gasteiger partial charge in [-0.15, -0.1) is 11.3 Å². The maximum Gasteiger partial charge on any atom is 0.243 e. The number of hydrogen-bond acceptors (Lipinski definition) is 5. The molecule has 0 aliphatic heterocycles. The van der Waals surface area contributed by atoms with E-state index in [4.69, 9.17) is 0 Å². The van der Waals surface area contributed by atoms with Crippen molar-refractivity contribution >= 4 is 34.0 Å². The summed E-state index contributed by atoms with van der Waals surface area (Å²) in [4.78, 5) is 28.0. The molecule has 1 aromatic heterocycles. The highest BCUT2D eigenvalue weighted by atomic mass is 32.1. The average Bonchev–Trinajstić information content (AvgIpc) is 3.16. The second-order valence-corrected chi connectivity index (χ2v) is 7.02. The number of benzene rings is 2. The topological polar surface area (TPSA) is 94.9 Å². The summed E-state index contributed by atoms with van der Waals surface area (Å²) in [6.45, 7) is 1.44. The molecule has 28 heavy (non-hydrogen) atoms. The zero-order valence-corrected chi connectivity index (χ0v) is 16.0. The van der Waals surface area contributed by atoms with Crippen molar-refractivity contribution in [2.75, 3.05) is 10.6 Å². The third-order valence-electron chi connectivity index (χ3n) is 3.99. The van der Waals surface area contributed by atoms with E-state index >= 15 is 0 Å². The van der Waals surface area contributed by atoms with Gasteiger partial charge in [-0.25, -0.2) is 4.98 Å². The van der Waals surface area contributed by atoms with Crippen LogP contribution in [0.15, 0.2) is 60.0 Å². The number of nitriles is 1. The molecule has 0 bridgehead atoms. The number of aromatic nitrogens is 1. The molecular formula is C21H18N4O2S. The lowest BCUT2D eigenvalue weighted by molar-refractivity contribution is -0.118. The maximum atomic E-state index is 12.5. The van der Waals surface area contributed by atoms with E-state index in [2.05, 4.69) is 21.7 Å². The lowest BCUT2D eigenvalue weighted by atomic mass is 10.00. The normalized spacial score (nSPS) is 11.3. The van der Waals surface area contributed by atoms with Crippen LogP contribution in [-0.4, -0.2) is 16.8 Å². The second-order valence-electron chi connectivity index (χ2n) is 6.16. The minimum absolute atomic E-state index is 0.152. The third-order valence-corrected chi connectivity index (χ3v) is 4.75. The van der Waals surface area contributed by atoms with Crippen LogP contribution in [0.4, 0.5) is 10.8 Å². The number of nitrogens with one attached hydrogen (secondary N) is 2. The van der Waals surface area contributed by atoms with E-state index < -0.39 is 5.92 Å². The molecule has 2 N–H and O–H groups in total. The molecule has 140 valence electrons. The molecular weight excluding hydrogens is 372 g/mol. The second kappa shape index (κ2) is 8.93. The highest BCUT2D eigenvalue weighted by Crippen LogP contribution is 2.25. The smallest absolute Gasteiger partial charge is 0.243 e. The zero-order valence-electron chi connectivity index (χ0n) is 15.2. The molecule has 0 radical (unpaired) electrons. The number of carbonyl (C=O) groups excluding carboxylic acids is 2. The Morgan fingerprint density at radius 1 is 1.11 bits per heavy atom. The molecule has 0 spiro atoms. The third kappa shape index (κ3) is 5.02. The minimum atomic E-state index is -0.837. The van der Waals surface area contributed by atoms with Crippen molar-refractivity contribution in [3.05, 3.63) is 65.5 Å². The fourth-order valence-electron chi connectivity index (χ4n) is 2.63. The highest BCUT2D eigenvalue weighted by Gasteiger charge is 2.20. The SMILES string of the molecule is CC(=O)Nc1ccc(CC(C#N)C(=O)Nc2nc(-c3ccccc3)cs2)cc1. The Balaban J connectivity index is 1.63. The van der Waals surface area contributed by atoms with E-state index in [9.17, 15) is 14.9 Å². The van der Waals surface area contributed by atoms with Crippen LogP contribution in [0.2, 0.25) is 0 Å². The van der Waals surface area contributed by atoms with E-state index in [0.717, 1.165) is 16.8 Å². The fraction of sp³-hybridized carbons (Fsp3) is 0.143. The van der Waals surface area contributed by atoms with E-state index in [0.29, 0.717) is 10.8 Å². The molecule has 0 aliphatic carbocycles. The first-order valence-electron chi connectivity index (χ1n) is 8.63. The van der Waals surface area contributed by atoms with Crippen molar-refractivity contribution in [3.63, 3.8) is 0 Å².